The molecule has 3 heterocycles. The zero-order valence-corrected chi connectivity index (χ0v) is 13.6. The second-order valence-corrected chi connectivity index (χ2v) is 6.40. The number of aliphatic imine (C=N–C) groups is 1. The van der Waals surface area contributed by atoms with Crippen molar-refractivity contribution in [1.82, 2.24) is 4.90 Å². The summed E-state index contributed by atoms with van der Waals surface area (Å²) in [6.45, 7) is 0.299. The Morgan fingerprint density at radius 2 is 2.30 bits per heavy atom. The van der Waals surface area contributed by atoms with E-state index in [1.54, 1.807) is 30.5 Å². The van der Waals surface area contributed by atoms with Crippen LogP contribution in [-0.4, -0.2) is 27.2 Å². The molecule has 0 saturated carbocycles. The van der Waals surface area contributed by atoms with Crippen LogP contribution in [0.1, 0.15) is 10.6 Å². The van der Waals surface area contributed by atoms with Crippen LogP contribution in [0, 0.1) is 10.1 Å². The van der Waals surface area contributed by atoms with Crippen molar-refractivity contribution in [2.75, 3.05) is 6.26 Å². The highest BCUT2D eigenvalue weighted by Crippen LogP contribution is 2.29. The molecule has 118 valence electrons. The number of hydrogen-bond acceptors (Lipinski definition) is 7. The minimum atomic E-state index is -0.455. The smallest absolute Gasteiger partial charge is 0.324 e. The monoisotopic (exact) mass is 349 g/mol. The number of carbonyl (C=O) groups excluding carboxylic acids is 1. The van der Waals surface area contributed by atoms with E-state index >= 15 is 0 Å². The van der Waals surface area contributed by atoms with E-state index in [0.29, 0.717) is 22.3 Å². The first kappa shape index (κ1) is 15.5. The summed E-state index contributed by atoms with van der Waals surface area (Å²) in [4.78, 5) is 29.2. The molecule has 0 N–H and O–H groups in total. The summed E-state index contributed by atoms with van der Waals surface area (Å²) in [7, 11) is 0. The molecular formula is C14H11N3O4S2. The molecule has 1 aliphatic heterocycles. The minimum absolute atomic E-state index is 0.0313. The first-order valence-electron chi connectivity index (χ1n) is 6.51. The van der Waals surface area contributed by atoms with Crippen LogP contribution in [0.4, 0.5) is 5.00 Å². The summed E-state index contributed by atoms with van der Waals surface area (Å²) in [6.07, 6.45) is 4.95. The summed E-state index contributed by atoms with van der Waals surface area (Å²) in [6, 6.07) is 6.56. The zero-order chi connectivity index (χ0) is 16.4. The third kappa shape index (κ3) is 3.20. The van der Waals surface area contributed by atoms with Crippen molar-refractivity contribution in [1.29, 1.82) is 0 Å². The van der Waals surface area contributed by atoms with Crippen LogP contribution < -0.4 is 0 Å². The second-order valence-electron chi connectivity index (χ2n) is 4.53. The van der Waals surface area contributed by atoms with Gasteiger partial charge in [-0.25, -0.2) is 4.99 Å². The topological polar surface area (TPSA) is 88.9 Å². The van der Waals surface area contributed by atoms with Crippen molar-refractivity contribution in [2.24, 2.45) is 4.99 Å². The molecule has 23 heavy (non-hydrogen) atoms. The van der Waals surface area contributed by atoms with Gasteiger partial charge in [-0.1, -0.05) is 23.1 Å². The van der Waals surface area contributed by atoms with Crippen LogP contribution in [0.5, 0.6) is 0 Å². The van der Waals surface area contributed by atoms with Gasteiger partial charge in [0.15, 0.2) is 5.17 Å². The number of thioether (sulfide) groups is 1. The van der Waals surface area contributed by atoms with E-state index in [1.807, 2.05) is 6.26 Å². The maximum atomic E-state index is 12.5. The number of hydrogen-bond donors (Lipinski definition) is 0. The Morgan fingerprint density at radius 3 is 2.91 bits per heavy atom. The van der Waals surface area contributed by atoms with E-state index in [9.17, 15) is 14.9 Å². The first-order chi connectivity index (χ1) is 11.1. The van der Waals surface area contributed by atoms with Crippen LogP contribution in [0.3, 0.4) is 0 Å². The highest BCUT2D eigenvalue weighted by molar-refractivity contribution is 8.13. The van der Waals surface area contributed by atoms with Gasteiger partial charge in [0.2, 0.25) is 0 Å². The molecule has 0 bridgehead atoms. The number of amidine groups is 1. The van der Waals surface area contributed by atoms with Gasteiger partial charge in [-0.2, -0.15) is 0 Å². The Hall–Kier alpha value is -2.39. The third-order valence-corrected chi connectivity index (χ3v) is 4.72. The van der Waals surface area contributed by atoms with Gasteiger partial charge in [-0.15, -0.1) is 0 Å². The van der Waals surface area contributed by atoms with Gasteiger partial charge in [0.25, 0.3) is 5.91 Å². The van der Waals surface area contributed by atoms with Crippen LogP contribution in [0.2, 0.25) is 0 Å². The molecule has 0 aliphatic carbocycles. The van der Waals surface area contributed by atoms with Crippen molar-refractivity contribution in [3.05, 3.63) is 57.0 Å². The lowest BCUT2D eigenvalue weighted by Gasteiger charge is -2.14. The van der Waals surface area contributed by atoms with Crippen LogP contribution in [0.15, 0.2) is 45.6 Å². The highest BCUT2D eigenvalue weighted by atomic mass is 32.2. The van der Waals surface area contributed by atoms with Crippen molar-refractivity contribution in [3.63, 3.8) is 0 Å². The molecule has 0 aromatic carbocycles. The molecule has 0 radical (unpaired) electrons. The van der Waals surface area contributed by atoms with E-state index in [4.69, 9.17) is 4.42 Å². The van der Waals surface area contributed by atoms with Gasteiger partial charge in [-0.3, -0.25) is 19.8 Å². The van der Waals surface area contributed by atoms with Gasteiger partial charge < -0.3 is 4.42 Å². The van der Waals surface area contributed by atoms with Gasteiger partial charge in [0.05, 0.1) is 17.7 Å². The Labute approximate surface area is 139 Å². The van der Waals surface area contributed by atoms with Crippen LogP contribution in [-0.2, 0) is 11.3 Å². The number of amides is 1. The minimum Gasteiger partial charge on any atom is -0.467 e. The Morgan fingerprint density at radius 1 is 1.48 bits per heavy atom. The molecule has 0 spiro atoms. The maximum absolute atomic E-state index is 12.5. The summed E-state index contributed by atoms with van der Waals surface area (Å²) < 4.78 is 5.27. The number of carbonyl (C=O) groups is 1. The van der Waals surface area contributed by atoms with Crippen molar-refractivity contribution in [3.8, 4) is 0 Å². The van der Waals surface area contributed by atoms with Crippen LogP contribution in [0.25, 0.3) is 6.08 Å². The quantitative estimate of drug-likeness (QED) is 0.480. The summed E-state index contributed by atoms with van der Waals surface area (Å²) in [5.74, 6) is 0.412. The van der Waals surface area contributed by atoms with Gasteiger partial charge in [-0.05, 0) is 30.5 Å². The molecule has 7 nitrogen and oxygen atoms in total. The van der Waals surface area contributed by atoms with E-state index in [1.165, 1.54) is 22.7 Å². The van der Waals surface area contributed by atoms with E-state index in [0.717, 1.165) is 11.3 Å². The Bertz CT molecular complexity index is 808. The number of nitrogens with zero attached hydrogens (tertiary/aromatic N) is 3. The van der Waals surface area contributed by atoms with Crippen molar-refractivity contribution >= 4 is 45.3 Å². The lowest BCUT2D eigenvalue weighted by Crippen LogP contribution is -2.29. The van der Waals surface area contributed by atoms with E-state index < -0.39 is 4.92 Å². The third-order valence-electron chi connectivity index (χ3n) is 3.06. The number of nitro groups is 1. The SMILES string of the molecule is CSC1=NC(=Cc2ccc([N+](=O)[O-])s2)C(=O)N1Cc1ccco1. The van der Waals surface area contributed by atoms with Crippen molar-refractivity contribution in [2.45, 2.75) is 6.54 Å². The number of thiophene rings is 1. The molecule has 2 aromatic rings. The average Bonchev–Trinajstić information content (AvgIpc) is 3.24. The standard InChI is InChI=1S/C14H11N3O4S2/c1-22-14-15-11(7-10-4-5-12(23-10)17(19)20)13(18)16(14)8-9-3-2-6-21-9/h2-7H,8H2,1H3. The lowest BCUT2D eigenvalue weighted by atomic mass is 10.3. The molecule has 9 heteroatoms. The Kier molecular flexibility index (Phi) is 4.30. The molecule has 3 rings (SSSR count). The molecule has 1 aliphatic rings. The summed E-state index contributed by atoms with van der Waals surface area (Å²) in [5, 5.41) is 11.3. The highest BCUT2D eigenvalue weighted by Gasteiger charge is 2.30. The fourth-order valence-corrected chi connectivity index (χ4v) is 3.35. The predicted octanol–water partition coefficient (Wildman–Crippen LogP) is 3.35. The second kappa shape index (κ2) is 6.39. The fourth-order valence-electron chi connectivity index (χ4n) is 2.04. The molecule has 1 amide bonds. The molecular weight excluding hydrogens is 338 g/mol. The number of furan rings is 1. The summed E-state index contributed by atoms with van der Waals surface area (Å²) in [5.41, 5.74) is 0.262. The summed E-state index contributed by atoms with van der Waals surface area (Å²) >= 11 is 2.36. The van der Waals surface area contributed by atoms with Gasteiger partial charge in [0.1, 0.15) is 11.5 Å². The molecule has 0 fully saturated rings. The first-order valence-corrected chi connectivity index (χ1v) is 8.55. The van der Waals surface area contributed by atoms with Crippen LogP contribution >= 0.6 is 23.1 Å². The zero-order valence-electron chi connectivity index (χ0n) is 12.0. The van der Waals surface area contributed by atoms with Gasteiger partial charge >= 0.3 is 5.00 Å². The van der Waals surface area contributed by atoms with E-state index in [-0.39, 0.29) is 16.6 Å². The predicted molar refractivity (Wildman–Crippen MR) is 89.2 cm³/mol. The van der Waals surface area contributed by atoms with E-state index in [2.05, 4.69) is 4.99 Å². The number of rotatable bonds is 4. The van der Waals surface area contributed by atoms with Gasteiger partial charge in [0, 0.05) is 10.9 Å². The average molecular weight is 349 g/mol. The molecule has 0 atom stereocenters. The largest absolute Gasteiger partial charge is 0.467 e. The lowest BCUT2D eigenvalue weighted by molar-refractivity contribution is -0.380. The molecule has 2 aromatic heterocycles. The maximum Gasteiger partial charge on any atom is 0.324 e. The van der Waals surface area contributed by atoms with Crippen molar-refractivity contribution < 1.29 is 14.1 Å². The molecule has 0 unspecified atom stereocenters. The molecule has 0 saturated heterocycles. The fraction of sp³-hybridized carbons (Fsp3) is 0.143. The Balaban J connectivity index is 1.85. The normalized spacial score (nSPS) is 16.2.